The van der Waals surface area contributed by atoms with Gasteiger partial charge < -0.3 is 0 Å². The van der Waals surface area contributed by atoms with Gasteiger partial charge in [-0.1, -0.05) is 36.4 Å². The fourth-order valence-electron chi connectivity index (χ4n) is 2.41. The predicted molar refractivity (Wildman–Crippen MR) is 71.4 cm³/mol. The van der Waals surface area contributed by atoms with Gasteiger partial charge in [0.2, 0.25) is 0 Å². The van der Waals surface area contributed by atoms with Gasteiger partial charge in [-0.15, -0.1) is 0 Å². The Morgan fingerprint density at radius 3 is 2.10 bits per heavy atom. The van der Waals surface area contributed by atoms with E-state index in [4.69, 9.17) is 5.84 Å². The fourth-order valence-corrected chi connectivity index (χ4v) is 2.41. The number of ketones is 2. The second kappa shape index (κ2) is 4.40. The van der Waals surface area contributed by atoms with E-state index in [1.165, 1.54) is 6.07 Å². The van der Waals surface area contributed by atoms with E-state index in [0.717, 1.165) is 0 Å². The quantitative estimate of drug-likeness (QED) is 0.391. The second-order valence-corrected chi connectivity index (χ2v) is 4.41. The van der Waals surface area contributed by atoms with Crippen molar-refractivity contribution in [1.82, 2.24) is 5.43 Å². The number of hydrogen-bond acceptors (Lipinski definition) is 4. The average Bonchev–Trinajstić information content (AvgIpc) is 2.51. The number of amides is 1. The molecule has 3 N–H and O–H groups in total. The normalized spacial score (nSPS) is 12.7. The van der Waals surface area contributed by atoms with Gasteiger partial charge in [-0.05, 0) is 6.07 Å². The molecule has 0 aromatic heterocycles. The summed E-state index contributed by atoms with van der Waals surface area (Å²) in [7, 11) is 0. The molecule has 0 radical (unpaired) electrons. The summed E-state index contributed by atoms with van der Waals surface area (Å²) in [6.07, 6.45) is 0. The van der Waals surface area contributed by atoms with Crippen molar-refractivity contribution >= 4 is 17.5 Å². The van der Waals surface area contributed by atoms with E-state index in [2.05, 4.69) is 0 Å². The number of nitrogens with one attached hydrogen (secondary N) is 1. The Bertz CT molecular complexity index is 765. The molecular weight excluding hydrogens is 256 g/mol. The molecule has 20 heavy (non-hydrogen) atoms. The summed E-state index contributed by atoms with van der Waals surface area (Å²) < 4.78 is 0. The fraction of sp³-hybridized carbons (Fsp3) is 0. The predicted octanol–water partition coefficient (Wildman–Crippen LogP) is 1.07. The monoisotopic (exact) mass is 266 g/mol. The third-order valence-electron chi connectivity index (χ3n) is 3.33. The van der Waals surface area contributed by atoms with Crippen LogP contribution in [0, 0.1) is 0 Å². The van der Waals surface area contributed by atoms with E-state index in [0.29, 0.717) is 11.1 Å². The first-order chi connectivity index (χ1) is 9.65. The SMILES string of the molecule is NNC(=O)c1cccc2c1C(=O)c1ccccc1C2=O. The molecule has 2 aromatic rings. The van der Waals surface area contributed by atoms with E-state index in [1.807, 2.05) is 5.43 Å². The summed E-state index contributed by atoms with van der Waals surface area (Å²) in [5.41, 5.74) is 3.10. The summed E-state index contributed by atoms with van der Waals surface area (Å²) in [5.74, 6) is 3.92. The third-order valence-corrected chi connectivity index (χ3v) is 3.33. The molecule has 0 saturated heterocycles. The highest BCUT2D eigenvalue weighted by Gasteiger charge is 2.32. The van der Waals surface area contributed by atoms with Crippen molar-refractivity contribution in [2.45, 2.75) is 0 Å². The van der Waals surface area contributed by atoms with Crippen molar-refractivity contribution in [2.24, 2.45) is 5.84 Å². The zero-order chi connectivity index (χ0) is 14.3. The van der Waals surface area contributed by atoms with Crippen molar-refractivity contribution < 1.29 is 14.4 Å². The minimum atomic E-state index is -0.595. The maximum absolute atomic E-state index is 12.5. The third kappa shape index (κ3) is 1.57. The zero-order valence-electron chi connectivity index (χ0n) is 10.3. The molecule has 1 amide bonds. The summed E-state index contributed by atoms with van der Waals surface area (Å²) in [4.78, 5) is 36.7. The molecule has 3 rings (SSSR count). The van der Waals surface area contributed by atoms with Gasteiger partial charge >= 0.3 is 0 Å². The summed E-state index contributed by atoms with van der Waals surface area (Å²) in [6.45, 7) is 0. The first-order valence-electron chi connectivity index (χ1n) is 5.97. The van der Waals surface area contributed by atoms with Crippen LogP contribution >= 0.6 is 0 Å². The summed E-state index contributed by atoms with van der Waals surface area (Å²) in [6, 6.07) is 11.1. The van der Waals surface area contributed by atoms with Crippen molar-refractivity contribution in [2.75, 3.05) is 0 Å². The summed E-state index contributed by atoms with van der Waals surface area (Å²) >= 11 is 0. The van der Waals surface area contributed by atoms with Crippen molar-refractivity contribution in [3.63, 3.8) is 0 Å². The standard InChI is InChI=1S/C15H10N2O3/c16-17-15(20)11-7-3-6-10-12(11)14(19)9-5-2-1-4-8(9)13(10)18/h1-7H,16H2,(H,17,20). The van der Waals surface area contributed by atoms with Crippen LogP contribution in [0.15, 0.2) is 42.5 Å². The summed E-state index contributed by atoms with van der Waals surface area (Å²) in [5, 5.41) is 0. The molecule has 0 atom stereocenters. The Kier molecular flexibility index (Phi) is 2.69. The molecule has 0 fully saturated rings. The Hall–Kier alpha value is -2.79. The van der Waals surface area contributed by atoms with Crippen LogP contribution in [-0.2, 0) is 0 Å². The average molecular weight is 266 g/mol. The van der Waals surface area contributed by atoms with Gasteiger partial charge in [-0.2, -0.15) is 0 Å². The molecule has 98 valence electrons. The first-order valence-corrected chi connectivity index (χ1v) is 5.97. The number of hydrogen-bond donors (Lipinski definition) is 2. The Morgan fingerprint density at radius 1 is 0.850 bits per heavy atom. The van der Waals surface area contributed by atoms with Crippen molar-refractivity contribution in [3.8, 4) is 0 Å². The van der Waals surface area contributed by atoms with E-state index in [-0.39, 0.29) is 28.3 Å². The number of nitrogens with two attached hydrogens (primary N) is 1. The number of carbonyl (C=O) groups excluding carboxylic acids is 3. The molecule has 1 aliphatic carbocycles. The van der Waals surface area contributed by atoms with E-state index < -0.39 is 5.91 Å². The van der Waals surface area contributed by atoms with E-state index in [1.54, 1.807) is 36.4 Å². The lowest BCUT2D eigenvalue weighted by molar-refractivity contribution is 0.0937. The van der Waals surface area contributed by atoms with Gasteiger partial charge in [-0.25, -0.2) is 5.84 Å². The van der Waals surface area contributed by atoms with Gasteiger partial charge in [0, 0.05) is 22.3 Å². The molecule has 0 bridgehead atoms. The maximum Gasteiger partial charge on any atom is 0.265 e. The highest BCUT2D eigenvalue weighted by Crippen LogP contribution is 2.29. The number of fused-ring (bicyclic) bond motifs is 2. The molecule has 5 nitrogen and oxygen atoms in total. The Labute approximate surface area is 114 Å². The molecule has 2 aromatic carbocycles. The zero-order valence-corrected chi connectivity index (χ0v) is 10.3. The van der Waals surface area contributed by atoms with Crippen LogP contribution in [0.3, 0.4) is 0 Å². The number of benzene rings is 2. The van der Waals surface area contributed by atoms with E-state index in [9.17, 15) is 14.4 Å². The molecule has 1 aliphatic rings. The molecular formula is C15H10N2O3. The number of carbonyl (C=O) groups is 3. The second-order valence-electron chi connectivity index (χ2n) is 4.41. The first kappa shape index (κ1) is 12.3. The van der Waals surface area contributed by atoms with Crippen LogP contribution in [0.1, 0.15) is 42.2 Å². The van der Waals surface area contributed by atoms with Crippen molar-refractivity contribution in [1.29, 1.82) is 0 Å². The number of rotatable bonds is 1. The topological polar surface area (TPSA) is 89.3 Å². The smallest absolute Gasteiger partial charge is 0.265 e. The molecule has 5 heteroatoms. The van der Waals surface area contributed by atoms with Crippen molar-refractivity contribution in [3.05, 3.63) is 70.3 Å². The lowest BCUT2D eigenvalue weighted by Gasteiger charge is -2.19. The van der Waals surface area contributed by atoms with Crippen LogP contribution in [0.4, 0.5) is 0 Å². The lowest BCUT2D eigenvalue weighted by Crippen LogP contribution is -2.33. The largest absolute Gasteiger partial charge is 0.290 e. The highest BCUT2D eigenvalue weighted by atomic mass is 16.2. The van der Waals surface area contributed by atoms with Gasteiger partial charge in [0.25, 0.3) is 5.91 Å². The molecule has 0 heterocycles. The number of nitrogen functional groups attached to an aromatic ring is 1. The van der Waals surface area contributed by atoms with E-state index >= 15 is 0 Å². The van der Waals surface area contributed by atoms with Crippen LogP contribution in [0.5, 0.6) is 0 Å². The lowest BCUT2D eigenvalue weighted by atomic mass is 9.82. The van der Waals surface area contributed by atoms with Gasteiger partial charge in [0.05, 0.1) is 5.56 Å². The van der Waals surface area contributed by atoms with Crippen LogP contribution in [0.2, 0.25) is 0 Å². The van der Waals surface area contributed by atoms with Crippen LogP contribution in [0.25, 0.3) is 0 Å². The molecule has 0 saturated carbocycles. The Balaban J connectivity index is 2.31. The van der Waals surface area contributed by atoms with Gasteiger partial charge in [0.1, 0.15) is 0 Å². The molecule has 0 unspecified atom stereocenters. The highest BCUT2D eigenvalue weighted by molar-refractivity contribution is 6.30. The minimum absolute atomic E-state index is 0.109. The van der Waals surface area contributed by atoms with Gasteiger partial charge in [0.15, 0.2) is 11.6 Å². The van der Waals surface area contributed by atoms with Gasteiger partial charge in [-0.3, -0.25) is 19.8 Å². The van der Waals surface area contributed by atoms with Crippen LogP contribution < -0.4 is 11.3 Å². The number of hydrazine groups is 1. The molecule has 0 aliphatic heterocycles. The minimum Gasteiger partial charge on any atom is -0.290 e. The van der Waals surface area contributed by atoms with Crippen LogP contribution in [-0.4, -0.2) is 17.5 Å². The Morgan fingerprint density at radius 2 is 1.45 bits per heavy atom. The maximum atomic E-state index is 12.5. The molecule has 0 spiro atoms.